The summed E-state index contributed by atoms with van der Waals surface area (Å²) in [4.78, 5) is 22.5. The number of esters is 2. The Morgan fingerprint density at radius 3 is 1.53 bits per heavy atom. The summed E-state index contributed by atoms with van der Waals surface area (Å²) in [6, 6.07) is 8.82. The van der Waals surface area contributed by atoms with Crippen molar-refractivity contribution in [2.45, 2.75) is 6.42 Å². The van der Waals surface area contributed by atoms with E-state index >= 15 is 0 Å². The summed E-state index contributed by atoms with van der Waals surface area (Å²) in [7, 11) is 1.35. The molecule has 0 unspecified atom stereocenters. The summed E-state index contributed by atoms with van der Waals surface area (Å²) >= 11 is 0. The Bertz CT molecular complexity index is 551. The highest BCUT2D eigenvalue weighted by Gasteiger charge is 2.05. The van der Waals surface area contributed by atoms with Crippen molar-refractivity contribution >= 4 is 11.9 Å². The molecule has 0 radical (unpaired) electrons. The van der Waals surface area contributed by atoms with E-state index in [-0.39, 0.29) is 25.0 Å². The van der Waals surface area contributed by atoms with Gasteiger partial charge in [-0.25, -0.2) is 4.79 Å². The first kappa shape index (κ1) is 26.0. The molecule has 0 aromatic heterocycles. The first-order chi connectivity index (χ1) is 14.7. The number of methoxy groups -OCH3 is 1. The molecule has 0 saturated heterocycles. The Morgan fingerprint density at radius 1 is 0.633 bits per heavy atom. The lowest BCUT2D eigenvalue weighted by Crippen LogP contribution is -2.15. The minimum atomic E-state index is -0.359. The van der Waals surface area contributed by atoms with E-state index in [4.69, 9.17) is 28.4 Å². The van der Waals surface area contributed by atoms with Crippen LogP contribution in [-0.2, 0) is 38.0 Å². The molecule has 0 atom stereocenters. The molecule has 0 aliphatic heterocycles. The van der Waals surface area contributed by atoms with Gasteiger partial charge in [0, 0.05) is 0 Å². The van der Waals surface area contributed by atoms with Gasteiger partial charge in [-0.3, -0.25) is 4.79 Å². The van der Waals surface area contributed by atoms with Gasteiger partial charge in [0.25, 0.3) is 0 Å². The van der Waals surface area contributed by atoms with E-state index in [9.17, 15) is 9.59 Å². The molecule has 0 fully saturated rings. The molecule has 9 heteroatoms. The Labute approximate surface area is 177 Å². The van der Waals surface area contributed by atoms with E-state index in [0.717, 1.165) is 0 Å². The van der Waals surface area contributed by atoms with E-state index < -0.39 is 0 Å². The number of carbonyl (C=O) groups is 2. The third kappa shape index (κ3) is 14.9. The van der Waals surface area contributed by atoms with E-state index in [1.54, 1.807) is 24.3 Å². The molecule has 0 heterocycles. The predicted molar refractivity (Wildman–Crippen MR) is 107 cm³/mol. The summed E-state index contributed by atoms with van der Waals surface area (Å²) in [6.45, 7) is 4.43. The lowest BCUT2D eigenvalue weighted by atomic mass is 10.2. The second-order valence-corrected chi connectivity index (χ2v) is 5.89. The highest BCUT2D eigenvalue weighted by Crippen LogP contribution is 2.00. The smallest absolute Gasteiger partial charge is 0.338 e. The normalized spacial score (nSPS) is 10.7. The molecule has 1 rings (SSSR count). The van der Waals surface area contributed by atoms with Gasteiger partial charge in [0.1, 0.15) is 6.61 Å². The van der Waals surface area contributed by atoms with Gasteiger partial charge in [0.15, 0.2) is 0 Å². The molecule has 1 aromatic carbocycles. The van der Waals surface area contributed by atoms with Crippen molar-refractivity contribution in [2.75, 3.05) is 79.8 Å². The third-order valence-corrected chi connectivity index (χ3v) is 3.64. The zero-order valence-corrected chi connectivity index (χ0v) is 17.5. The monoisotopic (exact) mass is 428 g/mol. The molecule has 0 bridgehead atoms. The molecule has 0 spiro atoms. The van der Waals surface area contributed by atoms with Gasteiger partial charge in [0.2, 0.25) is 0 Å². The van der Waals surface area contributed by atoms with Crippen molar-refractivity contribution in [2.24, 2.45) is 0 Å². The Kier molecular flexibility index (Phi) is 16.4. The third-order valence-electron chi connectivity index (χ3n) is 3.64. The van der Waals surface area contributed by atoms with E-state index in [1.165, 1.54) is 7.11 Å². The van der Waals surface area contributed by atoms with Crippen LogP contribution in [0.25, 0.3) is 0 Å². The van der Waals surface area contributed by atoms with Crippen molar-refractivity contribution in [3.05, 3.63) is 35.9 Å². The van der Waals surface area contributed by atoms with Gasteiger partial charge in [-0.1, -0.05) is 18.2 Å². The van der Waals surface area contributed by atoms with Crippen LogP contribution in [0.1, 0.15) is 16.8 Å². The summed E-state index contributed by atoms with van der Waals surface area (Å²) in [5.74, 6) is -0.648. The topological polar surface area (TPSA) is 98.8 Å². The van der Waals surface area contributed by atoms with Gasteiger partial charge in [-0.05, 0) is 12.1 Å². The summed E-state index contributed by atoms with van der Waals surface area (Å²) in [5, 5.41) is 0. The van der Waals surface area contributed by atoms with Crippen LogP contribution in [-0.4, -0.2) is 91.7 Å². The van der Waals surface area contributed by atoms with Crippen LogP contribution in [0.4, 0.5) is 0 Å². The van der Waals surface area contributed by atoms with Crippen molar-refractivity contribution in [1.82, 2.24) is 0 Å². The average Bonchev–Trinajstić information content (AvgIpc) is 2.78. The maximum Gasteiger partial charge on any atom is 0.338 e. The van der Waals surface area contributed by atoms with Gasteiger partial charge in [-0.2, -0.15) is 0 Å². The van der Waals surface area contributed by atoms with Crippen molar-refractivity contribution in [3.8, 4) is 0 Å². The molecule has 1 aromatic rings. The Hall–Kier alpha value is -2.04. The number of carbonyl (C=O) groups excluding carboxylic acids is 2. The molecule has 0 aliphatic rings. The summed E-state index contributed by atoms with van der Waals surface area (Å²) in [5.41, 5.74) is 0.523. The highest BCUT2D eigenvalue weighted by molar-refractivity contribution is 5.89. The SMILES string of the molecule is COC(=O)CCOCCOCCOCCOCCOCCOC(=O)c1ccccc1. The largest absolute Gasteiger partial charge is 0.469 e. The van der Waals surface area contributed by atoms with E-state index in [1.807, 2.05) is 6.07 Å². The first-order valence-corrected chi connectivity index (χ1v) is 9.91. The molecule has 170 valence electrons. The van der Waals surface area contributed by atoms with Crippen LogP contribution >= 0.6 is 0 Å². The first-order valence-electron chi connectivity index (χ1n) is 9.91. The Balaban J connectivity index is 1.74. The van der Waals surface area contributed by atoms with Crippen molar-refractivity contribution in [1.29, 1.82) is 0 Å². The van der Waals surface area contributed by atoms with Crippen molar-refractivity contribution in [3.63, 3.8) is 0 Å². The highest BCUT2D eigenvalue weighted by atomic mass is 16.6. The zero-order chi connectivity index (χ0) is 21.7. The van der Waals surface area contributed by atoms with E-state index in [0.29, 0.717) is 71.6 Å². The minimum Gasteiger partial charge on any atom is -0.469 e. The molecular formula is C21H32O9. The number of benzene rings is 1. The van der Waals surface area contributed by atoms with Crippen LogP contribution in [0.3, 0.4) is 0 Å². The Morgan fingerprint density at radius 2 is 1.07 bits per heavy atom. The standard InChI is InChI=1S/C21H32O9/c1-24-20(22)7-8-25-9-10-26-11-12-27-13-14-28-15-16-29-17-18-30-21(23)19-5-3-2-4-6-19/h2-6H,7-18H2,1H3. The summed E-state index contributed by atoms with van der Waals surface area (Å²) in [6.07, 6.45) is 0.242. The average molecular weight is 428 g/mol. The van der Waals surface area contributed by atoms with Crippen LogP contribution in [0.15, 0.2) is 30.3 Å². The number of hydrogen-bond donors (Lipinski definition) is 0. The number of ether oxygens (including phenoxy) is 7. The molecule has 0 amide bonds. The minimum absolute atomic E-state index is 0.202. The fraction of sp³-hybridized carbons (Fsp3) is 0.619. The predicted octanol–water partition coefficient (Wildman–Crippen LogP) is 1.49. The molecule has 0 saturated carbocycles. The molecule has 30 heavy (non-hydrogen) atoms. The van der Waals surface area contributed by atoms with Crippen LogP contribution < -0.4 is 0 Å². The van der Waals surface area contributed by atoms with Crippen LogP contribution in [0, 0.1) is 0 Å². The maximum absolute atomic E-state index is 11.7. The second kappa shape index (κ2) is 19.0. The van der Waals surface area contributed by atoms with Crippen LogP contribution in [0.5, 0.6) is 0 Å². The lowest BCUT2D eigenvalue weighted by molar-refractivity contribution is -0.141. The molecule has 9 nitrogen and oxygen atoms in total. The number of hydrogen-bond acceptors (Lipinski definition) is 9. The molecule has 0 aliphatic carbocycles. The molecule has 0 N–H and O–H groups in total. The van der Waals surface area contributed by atoms with Gasteiger partial charge in [-0.15, -0.1) is 0 Å². The fourth-order valence-corrected chi connectivity index (χ4v) is 2.09. The van der Waals surface area contributed by atoms with Crippen LogP contribution in [0.2, 0.25) is 0 Å². The second-order valence-electron chi connectivity index (χ2n) is 5.89. The summed E-state index contributed by atoms with van der Waals surface area (Å²) < 4.78 is 36.2. The van der Waals surface area contributed by atoms with Crippen molar-refractivity contribution < 1.29 is 42.7 Å². The van der Waals surface area contributed by atoms with Gasteiger partial charge < -0.3 is 33.2 Å². The van der Waals surface area contributed by atoms with Gasteiger partial charge in [0.05, 0.1) is 85.2 Å². The zero-order valence-electron chi connectivity index (χ0n) is 17.5. The van der Waals surface area contributed by atoms with Gasteiger partial charge >= 0.3 is 11.9 Å². The quantitative estimate of drug-likeness (QED) is 0.240. The fourth-order valence-electron chi connectivity index (χ4n) is 2.09. The number of rotatable bonds is 19. The van der Waals surface area contributed by atoms with E-state index in [2.05, 4.69) is 4.74 Å². The molecular weight excluding hydrogens is 396 g/mol. The lowest BCUT2D eigenvalue weighted by Gasteiger charge is -2.08. The maximum atomic E-state index is 11.7.